The van der Waals surface area contributed by atoms with Crippen molar-refractivity contribution in [2.24, 2.45) is 5.41 Å². The molecule has 1 aromatic heterocycles. The lowest BCUT2D eigenvalue weighted by Gasteiger charge is -2.36. The minimum absolute atomic E-state index is 0.0757. The van der Waals surface area contributed by atoms with Gasteiger partial charge in [-0.15, -0.1) is 0 Å². The third-order valence-electron chi connectivity index (χ3n) is 6.88. The number of benzene rings is 3. The molecule has 3 aromatic carbocycles. The molecule has 0 atom stereocenters. The normalized spacial score (nSPS) is 15.4. The van der Waals surface area contributed by atoms with Crippen LogP contribution in [0.3, 0.4) is 0 Å². The van der Waals surface area contributed by atoms with E-state index in [9.17, 15) is 24.2 Å². The molecule has 0 unspecified atom stereocenters. The first kappa shape index (κ1) is 24.3. The number of rotatable bonds is 7. The van der Waals surface area contributed by atoms with E-state index in [2.05, 4.69) is 15.0 Å². The predicted octanol–water partition coefficient (Wildman–Crippen LogP) is 4.96. The fourth-order valence-electron chi connectivity index (χ4n) is 4.54. The highest BCUT2D eigenvalue weighted by molar-refractivity contribution is 5.98. The lowest BCUT2D eigenvalue weighted by Crippen LogP contribution is -2.48. The molecule has 0 saturated carbocycles. The van der Waals surface area contributed by atoms with Crippen LogP contribution < -0.4 is 0 Å². The number of carboxylic acid groups (broad SMARTS) is 2. The van der Waals surface area contributed by atoms with E-state index in [0.29, 0.717) is 31.3 Å². The zero-order chi connectivity index (χ0) is 26.0. The summed E-state index contributed by atoms with van der Waals surface area (Å²) >= 11 is 0. The Labute approximate surface area is 212 Å². The number of hydrogen-bond donors (Lipinski definition) is 2. The van der Waals surface area contributed by atoms with Crippen LogP contribution in [0.1, 0.15) is 18.4 Å². The van der Waals surface area contributed by atoms with Gasteiger partial charge in [0.2, 0.25) is 5.82 Å². The maximum absolute atomic E-state index is 13.2. The molecule has 9 heteroatoms. The molecule has 1 aliphatic heterocycles. The predicted molar refractivity (Wildman–Crippen MR) is 133 cm³/mol. The van der Waals surface area contributed by atoms with Crippen molar-refractivity contribution < 1.29 is 28.7 Å². The van der Waals surface area contributed by atoms with Crippen molar-refractivity contribution in [1.82, 2.24) is 15.0 Å². The highest BCUT2D eigenvalue weighted by Crippen LogP contribution is 2.33. The van der Waals surface area contributed by atoms with Gasteiger partial charge in [0.25, 0.3) is 5.89 Å². The van der Waals surface area contributed by atoms with Crippen LogP contribution in [-0.4, -0.2) is 50.3 Å². The van der Waals surface area contributed by atoms with E-state index in [1.807, 2.05) is 48.5 Å². The summed E-state index contributed by atoms with van der Waals surface area (Å²) in [6.45, 7) is 1.39. The summed E-state index contributed by atoms with van der Waals surface area (Å²) in [4.78, 5) is 29.6. The number of likely N-dealkylation sites (tertiary alicyclic amines) is 1. The van der Waals surface area contributed by atoms with Crippen molar-refractivity contribution in [3.63, 3.8) is 0 Å². The lowest BCUT2D eigenvalue weighted by molar-refractivity contribution is -0.168. The third kappa shape index (κ3) is 4.99. The molecule has 188 valence electrons. The van der Waals surface area contributed by atoms with Crippen molar-refractivity contribution >= 4 is 11.9 Å². The molecule has 1 fully saturated rings. The lowest BCUT2D eigenvalue weighted by atomic mass is 9.78. The Morgan fingerprint density at radius 3 is 1.89 bits per heavy atom. The second kappa shape index (κ2) is 9.94. The van der Waals surface area contributed by atoms with E-state index in [0.717, 1.165) is 27.8 Å². The average Bonchev–Trinajstić information content (AvgIpc) is 3.40. The van der Waals surface area contributed by atoms with Crippen LogP contribution >= 0.6 is 0 Å². The van der Waals surface area contributed by atoms with Crippen LogP contribution in [0.5, 0.6) is 0 Å². The average molecular weight is 502 g/mol. The molecule has 1 saturated heterocycles. The van der Waals surface area contributed by atoms with E-state index in [4.69, 9.17) is 4.52 Å². The number of piperidine rings is 1. The Bertz CT molecular complexity index is 1390. The Hall–Kier alpha value is -4.37. The maximum Gasteiger partial charge on any atom is 0.321 e. The van der Waals surface area contributed by atoms with Crippen LogP contribution in [-0.2, 0) is 16.1 Å². The number of carbonyl (C=O) groups is 2. The first-order valence-electron chi connectivity index (χ1n) is 11.8. The van der Waals surface area contributed by atoms with E-state index in [1.165, 1.54) is 12.1 Å². The molecule has 0 amide bonds. The monoisotopic (exact) mass is 501 g/mol. The molecule has 0 aliphatic carbocycles. The second-order valence-electron chi connectivity index (χ2n) is 9.17. The first-order valence-corrected chi connectivity index (χ1v) is 11.8. The van der Waals surface area contributed by atoms with Gasteiger partial charge in [-0.2, -0.15) is 4.98 Å². The molecular formula is C28H24FN3O5. The van der Waals surface area contributed by atoms with Gasteiger partial charge in [-0.05, 0) is 53.8 Å². The number of carboxylic acids is 2. The van der Waals surface area contributed by atoms with Crippen LogP contribution in [0, 0.1) is 11.2 Å². The summed E-state index contributed by atoms with van der Waals surface area (Å²) in [5.41, 5.74) is 2.73. The molecule has 0 radical (unpaired) electrons. The van der Waals surface area contributed by atoms with Gasteiger partial charge < -0.3 is 14.7 Å². The van der Waals surface area contributed by atoms with Gasteiger partial charge in [0.05, 0.1) is 0 Å². The number of halogens is 1. The molecule has 0 bridgehead atoms. The quantitative estimate of drug-likeness (QED) is 0.341. The number of hydrogen-bond acceptors (Lipinski definition) is 6. The molecule has 1 aliphatic rings. The summed E-state index contributed by atoms with van der Waals surface area (Å²) in [6, 6.07) is 21.6. The smallest absolute Gasteiger partial charge is 0.321 e. The van der Waals surface area contributed by atoms with Gasteiger partial charge in [-0.25, -0.2) is 4.39 Å². The van der Waals surface area contributed by atoms with Crippen molar-refractivity contribution in [3.05, 3.63) is 84.2 Å². The van der Waals surface area contributed by atoms with Gasteiger partial charge in [-0.3, -0.25) is 14.5 Å². The van der Waals surface area contributed by atoms with Crippen molar-refractivity contribution in [1.29, 1.82) is 0 Å². The van der Waals surface area contributed by atoms with Gasteiger partial charge in [-0.1, -0.05) is 53.7 Å². The highest BCUT2D eigenvalue weighted by atomic mass is 19.1. The summed E-state index contributed by atoms with van der Waals surface area (Å²) in [5, 5.41) is 22.9. The van der Waals surface area contributed by atoms with E-state index in [1.54, 1.807) is 12.1 Å². The molecule has 37 heavy (non-hydrogen) atoms. The minimum atomic E-state index is -1.70. The Morgan fingerprint density at radius 1 is 0.811 bits per heavy atom. The molecular weight excluding hydrogens is 477 g/mol. The van der Waals surface area contributed by atoms with Crippen LogP contribution in [0.4, 0.5) is 4.39 Å². The van der Waals surface area contributed by atoms with Gasteiger partial charge in [0, 0.05) is 30.8 Å². The molecule has 8 nitrogen and oxygen atoms in total. The SMILES string of the molecule is O=C(O)C1(C(=O)O)CCN(Cc2ccc(-c3noc(-c4ccc(-c5ccc(F)cc5)cc4)n3)cc2)CC1. The standard InChI is InChI=1S/C28H24FN3O5/c29-23-11-9-20(10-12-23)19-5-7-22(8-6-19)25-30-24(31-37-25)21-3-1-18(2-4-21)17-32-15-13-28(14-16-32,26(33)34)27(35)36/h1-12H,13-17H2,(H,33,34)(H,35,36). The zero-order valence-electron chi connectivity index (χ0n) is 19.8. The van der Waals surface area contributed by atoms with Crippen LogP contribution in [0.2, 0.25) is 0 Å². The van der Waals surface area contributed by atoms with E-state index in [-0.39, 0.29) is 18.7 Å². The van der Waals surface area contributed by atoms with Crippen LogP contribution in [0.15, 0.2) is 77.3 Å². The molecule has 4 aromatic rings. The Kier molecular flexibility index (Phi) is 6.54. The fraction of sp³-hybridized carbons (Fsp3) is 0.214. The summed E-state index contributed by atoms with van der Waals surface area (Å²) in [5.74, 6) is -1.98. The Morgan fingerprint density at radius 2 is 1.32 bits per heavy atom. The molecule has 5 rings (SSSR count). The molecule has 0 spiro atoms. The van der Waals surface area contributed by atoms with Crippen molar-refractivity contribution in [2.75, 3.05) is 13.1 Å². The third-order valence-corrected chi connectivity index (χ3v) is 6.88. The zero-order valence-corrected chi connectivity index (χ0v) is 19.8. The summed E-state index contributed by atoms with van der Waals surface area (Å²) in [6.07, 6.45) is 0.151. The molecule has 2 N–H and O–H groups in total. The Balaban J connectivity index is 1.22. The van der Waals surface area contributed by atoms with Crippen molar-refractivity contribution in [2.45, 2.75) is 19.4 Å². The summed E-state index contributed by atoms with van der Waals surface area (Å²) in [7, 11) is 0. The number of nitrogens with zero attached hydrogens (tertiary/aromatic N) is 3. The van der Waals surface area contributed by atoms with E-state index < -0.39 is 17.4 Å². The number of aromatic nitrogens is 2. The van der Waals surface area contributed by atoms with Crippen LogP contribution in [0.25, 0.3) is 34.0 Å². The first-order chi connectivity index (χ1) is 17.8. The van der Waals surface area contributed by atoms with Gasteiger partial charge >= 0.3 is 11.9 Å². The second-order valence-corrected chi connectivity index (χ2v) is 9.17. The molecule has 2 heterocycles. The number of aliphatic carboxylic acids is 2. The highest BCUT2D eigenvalue weighted by Gasteiger charge is 2.48. The topological polar surface area (TPSA) is 117 Å². The van der Waals surface area contributed by atoms with Gasteiger partial charge in [0.15, 0.2) is 5.41 Å². The summed E-state index contributed by atoms with van der Waals surface area (Å²) < 4.78 is 18.6. The largest absolute Gasteiger partial charge is 0.480 e. The van der Waals surface area contributed by atoms with Crippen molar-refractivity contribution in [3.8, 4) is 34.0 Å². The maximum atomic E-state index is 13.2. The van der Waals surface area contributed by atoms with E-state index >= 15 is 0 Å². The fourth-order valence-corrected chi connectivity index (χ4v) is 4.54. The van der Waals surface area contributed by atoms with Gasteiger partial charge in [0.1, 0.15) is 5.82 Å². The minimum Gasteiger partial charge on any atom is -0.480 e.